The maximum absolute atomic E-state index is 12.1. The second kappa shape index (κ2) is 8.33. The Morgan fingerprint density at radius 1 is 1.46 bits per heavy atom. The first-order valence-electron chi connectivity index (χ1n) is 8.37. The van der Waals surface area contributed by atoms with E-state index in [2.05, 4.69) is 0 Å². The number of benzene rings is 1. The van der Waals surface area contributed by atoms with E-state index >= 15 is 0 Å². The summed E-state index contributed by atoms with van der Waals surface area (Å²) < 4.78 is 5.13. The predicted octanol–water partition coefficient (Wildman–Crippen LogP) is 4.58. The summed E-state index contributed by atoms with van der Waals surface area (Å²) in [5, 5.41) is 11.7. The van der Waals surface area contributed by atoms with Crippen LogP contribution in [-0.2, 0) is 4.74 Å². The van der Waals surface area contributed by atoms with E-state index in [4.69, 9.17) is 16.3 Å². The molecule has 0 aliphatic carbocycles. The van der Waals surface area contributed by atoms with Crippen molar-refractivity contribution in [2.24, 2.45) is 0 Å². The van der Waals surface area contributed by atoms with E-state index in [1.807, 2.05) is 18.7 Å². The first-order chi connectivity index (χ1) is 11.5. The van der Waals surface area contributed by atoms with Gasteiger partial charge in [-0.1, -0.05) is 24.9 Å². The number of piperidine rings is 1. The van der Waals surface area contributed by atoms with Gasteiger partial charge in [0.2, 0.25) is 0 Å². The lowest BCUT2D eigenvalue weighted by Crippen LogP contribution is -2.38. The summed E-state index contributed by atoms with van der Waals surface area (Å²) in [7, 11) is 0. The molecule has 1 aromatic carbocycles. The van der Waals surface area contributed by atoms with Crippen molar-refractivity contribution in [3.8, 4) is 0 Å². The summed E-state index contributed by atoms with van der Waals surface area (Å²) in [6.45, 7) is 5.05. The van der Waals surface area contributed by atoms with Crippen molar-refractivity contribution in [3.63, 3.8) is 0 Å². The molecule has 1 atom stereocenters. The van der Waals surface area contributed by atoms with Gasteiger partial charge in [0.05, 0.1) is 22.1 Å². The third-order valence-electron chi connectivity index (χ3n) is 4.30. The molecule has 2 rings (SSSR count). The van der Waals surface area contributed by atoms with Gasteiger partial charge in [-0.25, -0.2) is 4.79 Å². The van der Waals surface area contributed by atoms with Crippen molar-refractivity contribution in [1.82, 2.24) is 0 Å². The minimum atomic E-state index is -0.577. The van der Waals surface area contributed by atoms with Gasteiger partial charge in [-0.15, -0.1) is 0 Å². The molecule has 0 saturated carbocycles. The Bertz CT molecular complexity index is 621. The van der Waals surface area contributed by atoms with Crippen molar-refractivity contribution in [2.45, 2.75) is 52.0 Å². The summed E-state index contributed by atoms with van der Waals surface area (Å²) in [5.41, 5.74) is 0.383. The number of anilines is 1. The number of unbranched alkanes of at least 4 members (excludes halogenated alkanes) is 1. The lowest BCUT2D eigenvalue weighted by molar-refractivity contribution is -0.384. The minimum absolute atomic E-state index is 0.121. The van der Waals surface area contributed by atoms with Crippen molar-refractivity contribution in [1.29, 1.82) is 0 Å². The lowest BCUT2D eigenvalue weighted by atomic mass is 10.0. The highest BCUT2D eigenvalue weighted by Gasteiger charge is 2.30. The van der Waals surface area contributed by atoms with Crippen molar-refractivity contribution in [3.05, 3.63) is 32.8 Å². The topological polar surface area (TPSA) is 72.7 Å². The van der Waals surface area contributed by atoms with Crippen LogP contribution in [0.25, 0.3) is 0 Å². The number of ether oxygens (including phenoxy) is 1. The number of carbonyl (C=O) groups excluding carboxylic acids is 1. The van der Waals surface area contributed by atoms with Gasteiger partial charge in [0.15, 0.2) is 0 Å². The molecule has 0 bridgehead atoms. The molecule has 1 aromatic rings. The zero-order valence-corrected chi connectivity index (χ0v) is 14.8. The summed E-state index contributed by atoms with van der Waals surface area (Å²) >= 11 is 6.33. The number of hydrogen-bond donors (Lipinski definition) is 0. The van der Waals surface area contributed by atoms with Crippen LogP contribution in [0.5, 0.6) is 0 Å². The first kappa shape index (κ1) is 18.5. The number of rotatable bonds is 6. The molecule has 1 heterocycles. The average molecular weight is 355 g/mol. The highest BCUT2D eigenvalue weighted by molar-refractivity contribution is 6.34. The predicted molar refractivity (Wildman–Crippen MR) is 94.0 cm³/mol. The maximum Gasteiger partial charge on any atom is 0.338 e. The molecule has 1 fully saturated rings. The molecule has 1 aliphatic rings. The van der Waals surface area contributed by atoms with Crippen LogP contribution in [-0.4, -0.2) is 30.1 Å². The molecule has 0 spiro atoms. The van der Waals surface area contributed by atoms with Crippen LogP contribution >= 0.6 is 11.6 Å². The zero-order valence-electron chi connectivity index (χ0n) is 14.1. The third kappa shape index (κ3) is 4.17. The molecule has 0 amide bonds. The molecule has 1 saturated heterocycles. The van der Waals surface area contributed by atoms with E-state index in [1.165, 1.54) is 12.1 Å². The van der Waals surface area contributed by atoms with E-state index < -0.39 is 10.9 Å². The Balaban J connectivity index is 2.35. The smallest absolute Gasteiger partial charge is 0.338 e. The van der Waals surface area contributed by atoms with Gasteiger partial charge in [-0.3, -0.25) is 10.1 Å². The molecule has 0 radical (unpaired) electrons. The highest BCUT2D eigenvalue weighted by Crippen LogP contribution is 2.40. The quantitative estimate of drug-likeness (QED) is 0.323. The molecule has 0 aromatic heterocycles. The monoisotopic (exact) mass is 354 g/mol. The summed E-state index contributed by atoms with van der Waals surface area (Å²) in [5.74, 6) is -0.577. The Morgan fingerprint density at radius 2 is 2.21 bits per heavy atom. The molecule has 0 N–H and O–H groups in total. The van der Waals surface area contributed by atoms with Gasteiger partial charge in [0.1, 0.15) is 5.69 Å². The van der Waals surface area contributed by atoms with E-state index in [9.17, 15) is 14.9 Å². The van der Waals surface area contributed by atoms with Gasteiger partial charge in [-0.05, 0) is 38.7 Å². The zero-order chi connectivity index (χ0) is 17.7. The normalized spacial score (nSPS) is 17.6. The third-order valence-corrected chi connectivity index (χ3v) is 4.59. The Labute approximate surface area is 146 Å². The van der Waals surface area contributed by atoms with Crippen LogP contribution in [0.1, 0.15) is 56.3 Å². The number of esters is 1. The van der Waals surface area contributed by atoms with Gasteiger partial charge in [-0.2, -0.15) is 0 Å². The fraction of sp³-hybridized carbons (Fsp3) is 0.588. The van der Waals surface area contributed by atoms with E-state index in [0.29, 0.717) is 12.3 Å². The minimum Gasteiger partial charge on any atom is -0.462 e. The van der Waals surface area contributed by atoms with Gasteiger partial charge in [0, 0.05) is 18.7 Å². The number of nitro groups is 1. The number of nitrogens with zero attached hydrogens (tertiary/aromatic N) is 2. The largest absolute Gasteiger partial charge is 0.462 e. The second-order valence-corrected chi connectivity index (χ2v) is 6.52. The average Bonchev–Trinajstić information content (AvgIpc) is 2.55. The van der Waals surface area contributed by atoms with Crippen LogP contribution in [0, 0.1) is 10.1 Å². The van der Waals surface area contributed by atoms with Crippen LogP contribution < -0.4 is 4.90 Å². The molecule has 6 nitrogen and oxygen atoms in total. The van der Waals surface area contributed by atoms with Crippen LogP contribution in [0.4, 0.5) is 11.4 Å². The van der Waals surface area contributed by atoms with Crippen molar-refractivity contribution in [2.75, 3.05) is 18.1 Å². The number of halogens is 1. The van der Waals surface area contributed by atoms with Gasteiger partial charge < -0.3 is 9.64 Å². The van der Waals surface area contributed by atoms with Crippen molar-refractivity contribution >= 4 is 28.9 Å². The Kier molecular flexibility index (Phi) is 6.43. The van der Waals surface area contributed by atoms with E-state index in [0.717, 1.165) is 38.6 Å². The van der Waals surface area contributed by atoms with Crippen LogP contribution in [0.3, 0.4) is 0 Å². The summed E-state index contributed by atoms with van der Waals surface area (Å²) in [4.78, 5) is 25.1. The van der Waals surface area contributed by atoms with Gasteiger partial charge in [0.25, 0.3) is 5.69 Å². The van der Waals surface area contributed by atoms with Crippen molar-refractivity contribution < 1.29 is 14.5 Å². The van der Waals surface area contributed by atoms with Crippen LogP contribution in [0.2, 0.25) is 5.02 Å². The highest BCUT2D eigenvalue weighted by atomic mass is 35.5. The summed E-state index contributed by atoms with van der Waals surface area (Å²) in [6, 6.07) is 2.92. The molecule has 24 heavy (non-hydrogen) atoms. The number of hydrogen-bond acceptors (Lipinski definition) is 5. The Morgan fingerprint density at radius 3 is 2.83 bits per heavy atom. The molecule has 1 unspecified atom stereocenters. The molecular weight excluding hydrogens is 332 g/mol. The SMILES string of the molecule is CCCCOC(=O)c1cc(Cl)c(N2CCCCC2C)c([N+](=O)[O-])c1. The van der Waals surface area contributed by atoms with E-state index in [1.54, 1.807) is 0 Å². The fourth-order valence-electron chi connectivity index (χ4n) is 2.95. The molecule has 1 aliphatic heterocycles. The summed E-state index contributed by atoms with van der Waals surface area (Å²) in [6.07, 6.45) is 4.70. The second-order valence-electron chi connectivity index (χ2n) is 6.11. The molecule has 7 heteroatoms. The first-order valence-corrected chi connectivity index (χ1v) is 8.75. The molecule has 132 valence electrons. The fourth-order valence-corrected chi connectivity index (χ4v) is 3.27. The van der Waals surface area contributed by atoms with Gasteiger partial charge >= 0.3 is 5.97 Å². The maximum atomic E-state index is 12.1. The lowest BCUT2D eigenvalue weighted by Gasteiger charge is -2.35. The number of carbonyl (C=O) groups is 1. The van der Waals surface area contributed by atoms with E-state index in [-0.39, 0.29) is 22.3 Å². The number of nitro benzene ring substituents is 1. The van der Waals surface area contributed by atoms with Crippen LogP contribution in [0.15, 0.2) is 12.1 Å². The molecular formula is C17H23ClN2O4. The standard InChI is InChI=1S/C17H23ClN2O4/c1-3-4-9-24-17(21)13-10-14(18)16(15(11-13)20(22)23)19-8-6-5-7-12(19)2/h10-12H,3-9H2,1-2H3. The Hall–Kier alpha value is -1.82.